The van der Waals surface area contributed by atoms with Gasteiger partial charge in [-0.3, -0.25) is 0 Å². The number of sulfonamides is 1. The highest BCUT2D eigenvalue weighted by Gasteiger charge is 2.17. The number of hydrogen-bond acceptors (Lipinski definition) is 6. The number of hydrogen-bond donors (Lipinski definition) is 1. The lowest BCUT2D eigenvalue weighted by atomic mass is 10.1. The van der Waals surface area contributed by atoms with E-state index in [4.69, 9.17) is 14.9 Å². The van der Waals surface area contributed by atoms with E-state index in [0.29, 0.717) is 12.2 Å². The van der Waals surface area contributed by atoms with Crippen molar-refractivity contribution in [1.29, 1.82) is 0 Å². The summed E-state index contributed by atoms with van der Waals surface area (Å²) in [4.78, 5) is 9.30. The first-order valence-corrected chi connectivity index (χ1v) is 11.3. The van der Waals surface area contributed by atoms with E-state index in [1.807, 2.05) is 44.7 Å². The largest absolute Gasteiger partial charge is 0.491 e. The molecule has 7 nitrogen and oxygen atoms in total. The van der Waals surface area contributed by atoms with Crippen LogP contribution in [0.4, 0.5) is 0 Å². The number of aryl methyl sites for hydroxylation is 2. The Balaban J connectivity index is 1.98. The van der Waals surface area contributed by atoms with E-state index >= 15 is 0 Å². The smallest absolute Gasteiger partial charge is 0.238 e. The third-order valence-corrected chi connectivity index (χ3v) is 6.11. The van der Waals surface area contributed by atoms with Crippen LogP contribution in [0.3, 0.4) is 0 Å². The van der Waals surface area contributed by atoms with Crippen molar-refractivity contribution in [2.45, 2.75) is 45.1 Å². The number of ether oxygens (including phenoxy) is 1. The van der Waals surface area contributed by atoms with Crippen LogP contribution in [-0.4, -0.2) is 29.1 Å². The van der Waals surface area contributed by atoms with Gasteiger partial charge in [0.25, 0.3) is 0 Å². The first-order valence-electron chi connectivity index (χ1n) is 8.83. The first kappa shape index (κ1) is 20.5. The van der Waals surface area contributed by atoms with Gasteiger partial charge in [0.2, 0.25) is 10.0 Å². The molecule has 0 fully saturated rings. The van der Waals surface area contributed by atoms with Crippen molar-refractivity contribution in [3.05, 3.63) is 45.7 Å². The molecule has 0 bridgehead atoms. The summed E-state index contributed by atoms with van der Waals surface area (Å²) in [6.45, 7) is 7.77. The average molecular weight is 421 g/mol. The second-order valence-corrected chi connectivity index (χ2v) is 9.44. The summed E-state index contributed by atoms with van der Waals surface area (Å²) in [5, 5.41) is 8.14. The van der Waals surface area contributed by atoms with Gasteiger partial charge in [-0.05, 0) is 45.9 Å². The second kappa shape index (κ2) is 7.65. The number of benzene rings is 1. The standard InChI is InChI=1S/C19H24N4O3S2/c1-11(2)26-17-7-6-15(28(20,24)25)8-14(17)9-18-22-16(10-27-18)19-12(3)21-13(4)23(19)5/h6-8,10-11H,9H2,1-5H3,(H2,20,24,25). The summed E-state index contributed by atoms with van der Waals surface area (Å²) >= 11 is 1.52. The number of rotatable bonds is 6. The minimum absolute atomic E-state index is 0.0361. The summed E-state index contributed by atoms with van der Waals surface area (Å²) in [5.74, 6) is 1.56. The molecule has 0 spiro atoms. The summed E-state index contributed by atoms with van der Waals surface area (Å²) in [6, 6.07) is 4.68. The summed E-state index contributed by atoms with van der Waals surface area (Å²) in [5.41, 5.74) is 3.50. The van der Waals surface area contributed by atoms with Crippen LogP contribution >= 0.6 is 11.3 Å². The molecule has 0 unspecified atom stereocenters. The van der Waals surface area contributed by atoms with Crippen molar-refractivity contribution < 1.29 is 13.2 Å². The third-order valence-electron chi connectivity index (χ3n) is 4.35. The predicted octanol–water partition coefficient (Wildman–Crippen LogP) is 3.19. The molecule has 0 atom stereocenters. The normalized spacial score (nSPS) is 12.0. The highest BCUT2D eigenvalue weighted by atomic mass is 32.2. The van der Waals surface area contributed by atoms with Crippen molar-refractivity contribution in [2.75, 3.05) is 0 Å². The molecule has 2 aromatic heterocycles. The van der Waals surface area contributed by atoms with Gasteiger partial charge in [0.05, 0.1) is 33.1 Å². The van der Waals surface area contributed by atoms with Gasteiger partial charge in [-0.25, -0.2) is 23.5 Å². The van der Waals surface area contributed by atoms with E-state index in [1.165, 1.54) is 17.4 Å². The maximum Gasteiger partial charge on any atom is 0.238 e. The molecular formula is C19H24N4O3S2. The zero-order valence-electron chi connectivity index (χ0n) is 16.6. The third kappa shape index (κ3) is 4.26. The van der Waals surface area contributed by atoms with Gasteiger partial charge in [0.1, 0.15) is 11.6 Å². The molecule has 0 aliphatic carbocycles. The maximum atomic E-state index is 11.8. The fourth-order valence-electron chi connectivity index (χ4n) is 3.04. The zero-order valence-corrected chi connectivity index (χ0v) is 18.2. The molecular weight excluding hydrogens is 396 g/mol. The van der Waals surface area contributed by atoms with Crippen molar-refractivity contribution in [3.63, 3.8) is 0 Å². The fourth-order valence-corrected chi connectivity index (χ4v) is 4.40. The molecule has 0 saturated carbocycles. The van der Waals surface area contributed by atoms with E-state index in [1.54, 1.807) is 12.1 Å². The molecule has 0 amide bonds. The molecule has 0 aliphatic rings. The molecule has 0 aliphatic heterocycles. The van der Waals surface area contributed by atoms with E-state index in [0.717, 1.165) is 33.5 Å². The van der Waals surface area contributed by atoms with Crippen LogP contribution in [-0.2, 0) is 23.5 Å². The van der Waals surface area contributed by atoms with Crippen LogP contribution in [0.15, 0.2) is 28.5 Å². The molecule has 150 valence electrons. The molecule has 9 heteroatoms. The SMILES string of the molecule is Cc1nc(C)n(C)c1-c1csc(Cc2cc(S(N)(=O)=O)ccc2OC(C)C)n1. The lowest BCUT2D eigenvalue weighted by molar-refractivity contribution is 0.240. The lowest BCUT2D eigenvalue weighted by Crippen LogP contribution is -2.13. The molecule has 28 heavy (non-hydrogen) atoms. The summed E-state index contributed by atoms with van der Waals surface area (Å²) < 4.78 is 31.4. The summed E-state index contributed by atoms with van der Waals surface area (Å²) in [7, 11) is -1.83. The first-order chi connectivity index (χ1) is 13.1. The highest BCUT2D eigenvalue weighted by Crippen LogP contribution is 2.30. The van der Waals surface area contributed by atoms with E-state index in [9.17, 15) is 8.42 Å². The van der Waals surface area contributed by atoms with Crippen molar-refractivity contribution in [1.82, 2.24) is 14.5 Å². The fraction of sp³-hybridized carbons (Fsp3) is 0.368. The van der Waals surface area contributed by atoms with Gasteiger partial charge >= 0.3 is 0 Å². The van der Waals surface area contributed by atoms with Crippen LogP contribution in [0.2, 0.25) is 0 Å². The monoisotopic (exact) mass is 420 g/mol. The molecule has 0 radical (unpaired) electrons. The van der Waals surface area contributed by atoms with Gasteiger partial charge in [-0.2, -0.15) is 0 Å². The van der Waals surface area contributed by atoms with Gasteiger partial charge in [-0.1, -0.05) is 0 Å². The number of imidazole rings is 1. The Labute approximate surface area is 169 Å². The van der Waals surface area contributed by atoms with E-state index < -0.39 is 10.0 Å². The van der Waals surface area contributed by atoms with Crippen molar-refractivity contribution >= 4 is 21.4 Å². The molecule has 3 rings (SSSR count). The molecule has 0 saturated heterocycles. The van der Waals surface area contributed by atoms with Gasteiger partial charge in [0.15, 0.2) is 0 Å². The number of aromatic nitrogens is 3. The Bertz CT molecular complexity index is 1110. The van der Waals surface area contributed by atoms with Crippen LogP contribution in [0.1, 0.15) is 35.9 Å². The van der Waals surface area contributed by atoms with Gasteiger partial charge in [0, 0.05) is 24.4 Å². The quantitative estimate of drug-likeness (QED) is 0.660. The van der Waals surface area contributed by atoms with E-state index in [2.05, 4.69) is 4.98 Å². The molecule has 2 N–H and O–H groups in total. The Morgan fingerprint density at radius 3 is 2.54 bits per heavy atom. The van der Waals surface area contributed by atoms with Crippen molar-refractivity contribution in [2.24, 2.45) is 12.2 Å². The zero-order chi connectivity index (χ0) is 20.6. The Kier molecular flexibility index (Phi) is 5.60. The Morgan fingerprint density at radius 1 is 1.25 bits per heavy atom. The van der Waals surface area contributed by atoms with Gasteiger partial charge < -0.3 is 9.30 Å². The van der Waals surface area contributed by atoms with Crippen LogP contribution in [0.5, 0.6) is 5.75 Å². The molecule has 1 aromatic carbocycles. The number of primary sulfonamides is 1. The number of nitrogens with two attached hydrogens (primary N) is 1. The Morgan fingerprint density at radius 2 is 1.96 bits per heavy atom. The maximum absolute atomic E-state index is 11.8. The number of nitrogens with zero attached hydrogens (tertiary/aromatic N) is 3. The van der Waals surface area contributed by atoms with Crippen LogP contribution in [0, 0.1) is 13.8 Å². The average Bonchev–Trinajstić information content (AvgIpc) is 3.12. The molecule has 3 aromatic rings. The Hall–Kier alpha value is -2.23. The predicted molar refractivity (Wildman–Crippen MR) is 110 cm³/mol. The highest BCUT2D eigenvalue weighted by molar-refractivity contribution is 7.89. The minimum atomic E-state index is -3.79. The topological polar surface area (TPSA) is 100 Å². The van der Waals surface area contributed by atoms with Crippen LogP contribution < -0.4 is 9.88 Å². The van der Waals surface area contributed by atoms with Gasteiger partial charge in [-0.15, -0.1) is 11.3 Å². The second-order valence-electron chi connectivity index (χ2n) is 6.94. The summed E-state index contributed by atoms with van der Waals surface area (Å²) in [6.07, 6.45) is 0.414. The molecule has 2 heterocycles. The number of thiazole rings is 1. The van der Waals surface area contributed by atoms with Crippen molar-refractivity contribution in [3.8, 4) is 17.1 Å². The van der Waals surface area contributed by atoms with E-state index in [-0.39, 0.29) is 11.0 Å². The minimum Gasteiger partial charge on any atom is -0.491 e. The lowest BCUT2D eigenvalue weighted by Gasteiger charge is -2.14. The van der Waals surface area contributed by atoms with Crippen LogP contribution in [0.25, 0.3) is 11.4 Å².